The largest absolute Gasteiger partial charge is 0.354 e. The summed E-state index contributed by atoms with van der Waals surface area (Å²) in [5.74, 6) is 1.88. The number of nitrogens with one attached hydrogen (secondary N) is 1. The minimum absolute atomic E-state index is 0.581. The van der Waals surface area contributed by atoms with Gasteiger partial charge in [0.25, 0.3) is 0 Å². The van der Waals surface area contributed by atoms with Crippen LogP contribution in [0.1, 0.15) is 37.7 Å². The number of hydrogen-bond donors (Lipinski definition) is 1. The zero-order valence-corrected chi connectivity index (χ0v) is 15.9. The Labute approximate surface area is 154 Å². The Morgan fingerprint density at radius 2 is 2.00 bits per heavy atom. The van der Waals surface area contributed by atoms with Crippen molar-refractivity contribution in [1.29, 1.82) is 0 Å². The van der Waals surface area contributed by atoms with E-state index in [0.717, 1.165) is 24.5 Å². The van der Waals surface area contributed by atoms with Crippen LogP contribution in [-0.2, 0) is 0 Å². The minimum Gasteiger partial charge on any atom is -0.354 e. The number of hydrogen-bond acceptors (Lipinski definition) is 6. The first kappa shape index (κ1) is 17.7. The van der Waals surface area contributed by atoms with Crippen molar-refractivity contribution in [3.05, 3.63) is 42.0 Å². The molecule has 5 nitrogen and oxygen atoms in total. The van der Waals surface area contributed by atoms with E-state index < -0.39 is 0 Å². The average molecular weight is 356 g/mol. The third-order valence-corrected chi connectivity index (χ3v) is 5.12. The first-order valence-corrected chi connectivity index (χ1v) is 9.58. The van der Waals surface area contributed by atoms with Crippen molar-refractivity contribution in [1.82, 2.24) is 15.0 Å². The van der Waals surface area contributed by atoms with Gasteiger partial charge in [0.05, 0.1) is 0 Å². The zero-order valence-electron chi connectivity index (χ0n) is 15.1. The van der Waals surface area contributed by atoms with E-state index in [0.29, 0.717) is 17.8 Å². The average Bonchev–Trinajstić information content (AvgIpc) is 2.63. The molecule has 0 amide bonds. The second-order valence-electron chi connectivity index (χ2n) is 6.29. The number of anilines is 2. The van der Waals surface area contributed by atoms with Crippen LogP contribution in [-0.4, -0.2) is 35.6 Å². The van der Waals surface area contributed by atoms with Gasteiger partial charge in [0.15, 0.2) is 5.16 Å². The van der Waals surface area contributed by atoms with E-state index in [4.69, 9.17) is 0 Å². The van der Waals surface area contributed by atoms with Crippen LogP contribution in [0.5, 0.6) is 0 Å². The SMILES string of the molecule is CCNc1nc(Sc2ccccc2C2CC=CCC2)nc(N(C)C)n1. The summed E-state index contributed by atoms with van der Waals surface area (Å²) in [7, 11) is 3.89. The third-order valence-electron chi connectivity index (χ3n) is 4.17. The summed E-state index contributed by atoms with van der Waals surface area (Å²) < 4.78 is 0. The van der Waals surface area contributed by atoms with Crippen molar-refractivity contribution < 1.29 is 0 Å². The second-order valence-corrected chi connectivity index (χ2v) is 7.30. The van der Waals surface area contributed by atoms with E-state index >= 15 is 0 Å². The molecule has 0 saturated heterocycles. The molecule has 25 heavy (non-hydrogen) atoms. The van der Waals surface area contributed by atoms with Gasteiger partial charge in [0.2, 0.25) is 11.9 Å². The van der Waals surface area contributed by atoms with Gasteiger partial charge in [-0.25, -0.2) is 0 Å². The minimum atomic E-state index is 0.581. The van der Waals surface area contributed by atoms with E-state index in [1.54, 1.807) is 11.8 Å². The van der Waals surface area contributed by atoms with Gasteiger partial charge in [-0.05, 0) is 55.5 Å². The highest BCUT2D eigenvalue weighted by molar-refractivity contribution is 7.99. The highest BCUT2D eigenvalue weighted by atomic mass is 32.2. The Hall–Kier alpha value is -2.08. The Bertz CT molecular complexity index is 744. The van der Waals surface area contributed by atoms with Gasteiger partial charge in [-0.3, -0.25) is 0 Å². The van der Waals surface area contributed by atoms with Crippen molar-refractivity contribution in [3.8, 4) is 0 Å². The fourth-order valence-corrected chi connectivity index (χ4v) is 3.87. The van der Waals surface area contributed by atoms with Crippen LogP contribution >= 0.6 is 11.8 Å². The van der Waals surface area contributed by atoms with Crippen LogP contribution in [0.3, 0.4) is 0 Å². The lowest BCUT2D eigenvalue weighted by atomic mass is 9.88. The maximum Gasteiger partial charge on any atom is 0.230 e. The van der Waals surface area contributed by atoms with Crippen LogP contribution in [0.2, 0.25) is 0 Å². The number of nitrogens with zero attached hydrogens (tertiary/aromatic N) is 4. The molecule has 1 aliphatic rings. The van der Waals surface area contributed by atoms with Gasteiger partial charge in [0, 0.05) is 25.5 Å². The topological polar surface area (TPSA) is 53.9 Å². The van der Waals surface area contributed by atoms with Crippen molar-refractivity contribution in [2.45, 2.75) is 42.2 Å². The van der Waals surface area contributed by atoms with Crippen LogP contribution in [0.25, 0.3) is 0 Å². The van der Waals surface area contributed by atoms with E-state index in [9.17, 15) is 0 Å². The van der Waals surface area contributed by atoms with Gasteiger partial charge in [0.1, 0.15) is 0 Å². The number of aromatic nitrogens is 3. The first-order valence-electron chi connectivity index (χ1n) is 8.76. The Morgan fingerprint density at radius 1 is 1.16 bits per heavy atom. The smallest absolute Gasteiger partial charge is 0.230 e. The molecule has 1 heterocycles. The lowest BCUT2D eigenvalue weighted by Crippen LogP contribution is -2.15. The van der Waals surface area contributed by atoms with Gasteiger partial charge in [-0.1, -0.05) is 30.4 Å². The van der Waals surface area contributed by atoms with Crippen LogP contribution < -0.4 is 10.2 Å². The van der Waals surface area contributed by atoms with Crippen molar-refractivity contribution in [3.63, 3.8) is 0 Å². The molecule has 2 aromatic rings. The maximum absolute atomic E-state index is 4.61. The lowest BCUT2D eigenvalue weighted by molar-refractivity contribution is 0.608. The fraction of sp³-hybridized carbons (Fsp3) is 0.421. The molecule has 0 fully saturated rings. The van der Waals surface area contributed by atoms with E-state index in [1.165, 1.54) is 16.9 Å². The lowest BCUT2D eigenvalue weighted by Gasteiger charge is -2.21. The maximum atomic E-state index is 4.61. The summed E-state index contributed by atoms with van der Waals surface area (Å²) in [6.07, 6.45) is 8.05. The number of rotatable bonds is 6. The van der Waals surface area contributed by atoms with Crippen molar-refractivity contribution >= 4 is 23.7 Å². The molecule has 1 aliphatic carbocycles. The van der Waals surface area contributed by atoms with E-state index in [-0.39, 0.29) is 0 Å². The Kier molecular flexibility index (Phi) is 5.91. The van der Waals surface area contributed by atoms with E-state index in [1.807, 2.05) is 25.9 Å². The molecule has 0 spiro atoms. The standard InChI is InChI=1S/C19H25N5S/c1-4-20-17-21-18(24(2)3)23-19(22-17)25-16-13-9-8-12-15(16)14-10-6-5-7-11-14/h5-6,8-9,12-14H,4,7,10-11H2,1-3H3,(H,20,21,22,23). The van der Waals surface area contributed by atoms with Crippen molar-refractivity contribution in [2.24, 2.45) is 0 Å². The van der Waals surface area contributed by atoms with Gasteiger partial charge in [-0.2, -0.15) is 15.0 Å². The molecule has 0 saturated carbocycles. The first-order chi connectivity index (χ1) is 12.2. The summed E-state index contributed by atoms with van der Waals surface area (Å²) in [5, 5.41) is 3.93. The molecule has 1 aromatic carbocycles. The highest BCUT2D eigenvalue weighted by Crippen LogP contribution is 2.37. The molecule has 1 atom stereocenters. The highest BCUT2D eigenvalue weighted by Gasteiger charge is 2.18. The van der Waals surface area contributed by atoms with Crippen molar-refractivity contribution in [2.75, 3.05) is 30.9 Å². The molecule has 6 heteroatoms. The van der Waals surface area contributed by atoms with Gasteiger partial charge >= 0.3 is 0 Å². The van der Waals surface area contributed by atoms with Gasteiger partial charge in [-0.15, -0.1) is 0 Å². The predicted octanol–water partition coefficient (Wildman–Crippen LogP) is 4.34. The Balaban J connectivity index is 1.90. The molecular weight excluding hydrogens is 330 g/mol. The normalized spacial score (nSPS) is 16.7. The number of allylic oxidation sites excluding steroid dienone is 2. The molecule has 0 aliphatic heterocycles. The summed E-state index contributed by atoms with van der Waals surface area (Å²) >= 11 is 1.63. The third kappa shape index (κ3) is 4.51. The predicted molar refractivity (Wildman–Crippen MR) is 105 cm³/mol. The summed E-state index contributed by atoms with van der Waals surface area (Å²) in [4.78, 5) is 16.8. The van der Waals surface area contributed by atoms with E-state index in [2.05, 4.69) is 56.7 Å². The molecule has 132 valence electrons. The van der Waals surface area contributed by atoms with Crippen LogP contribution in [0, 0.1) is 0 Å². The fourth-order valence-electron chi connectivity index (χ4n) is 2.91. The zero-order chi connectivity index (χ0) is 17.6. The second kappa shape index (κ2) is 8.34. The van der Waals surface area contributed by atoms with Crippen LogP contribution in [0.4, 0.5) is 11.9 Å². The van der Waals surface area contributed by atoms with Crippen LogP contribution in [0.15, 0.2) is 46.5 Å². The quantitative estimate of drug-likeness (QED) is 0.778. The molecule has 1 aromatic heterocycles. The summed E-state index contributed by atoms with van der Waals surface area (Å²) in [6, 6.07) is 8.62. The summed E-state index contributed by atoms with van der Waals surface area (Å²) in [5.41, 5.74) is 1.40. The molecule has 1 unspecified atom stereocenters. The number of benzene rings is 1. The Morgan fingerprint density at radius 3 is 2.72 bits per heavy atom. The molecule has 0 radical (unpaired) electrons. The molecule has 0 bridgehead atoms. The summed E-state index contributed by atoms with van der Waals surface area (Å²) in [6.45, 7) is 2.82. The molecule has 1 N–H and O–H groups in total. The van der Waals surface area contributed by atoms with Gasteiger partial charge < -0.3 is 10.2 Å². The molecular formula is C19H25N5S. The molecule has 3 rings (SSSR count). The monoisotopic (exact) mass is 355 g/mol.